The Bertz CT molecular complexity index is 99.7. The highest BCUT2D eigenvalue weighted by atomic mass is 16.5. The van der Waals surface area contributed by atoms with Crippen LogP contribution in [0, 0.1) is 0 Å². The molecule has 1 N–H and O–H groups in total. The maximum Gasteiger partial charge on any atom is 0.0590 e. The van der Waals surface area contributed by atoms with Crippen LogP contribution in [0.3, 0.4) is 0 Å². The van der Waals surface area contributed by atoms with Gasteiger partial charge >= 0.3 is 0 Å². The van der Waals surface area contributed by atoms with Gasteiger partial charge in [0.05, 0.1) is 6.10 Å². The van der Waals surface area contributed by atoms with Gasteiger partial charge in [-0.1, -0.05) is 6.92 Å². The zero-order valence-electron chi connectivity index (χ0n) is 7.60. The van der Waals surface area contributed by atoms with Gasteiger partial charge in [0.15, 0.2) is 0 Å². The zero-order chi connectivity index (χ0) is 8.10. The molecule has 0 amide bonds. The third kappa shape index (κ3) is 3.21. The maximum atomic E-state index is 5.53. The quantitative estimate of drug-likeness (QED) is 0.668. The molecular formula is C9H19NO. The van der Waals surface area contributed by atoms with Crippen molar-refractivity contribution in [3.8, 4) is 0 Å². The van der Waals surface area contributed by atoms with E-state index in [1.54, 1.807) is 0 Å². The van der Waals surface area contributed by atoms with Crippen LogP contribution in [-0.2, 0) is 4.74 Å². The van der Waals surface area contributed by atoms with Crippen LogP contribution in [0.15, 0.2) is 0 Å². The Morgan fingerprint density at radius 2 is 2.45 bits per heavy atom. The lowest BCUT2D eigenvalue weighted by molar-refractivity contribution is 0.0965. The molecule has 0 aliphatic carbocycles. The van der Waals surface area contributed by atoms with E-state index in [-0.39, 0.29) is 0 Å². The SMILES string of the molecule is CCNC(C)CC1CCCO1. The van der Waals surface area contributed by atoms with Gasteiger partial charge in [-0.15, -0.1) is 0 Å². The van der Waals surface area contributed by atoms with E-state index in [0.717, 1.165) is 13.2 Å². The smallest absolute Gasteiger partial charge is 0.0590 e. The minimum atomic E-state index is 0.532. The molecule has 66 valence electrons. The van der Waals surface area contributed by atoms with E-state index >= 15 is 0 Å². The fourth-order valence-electron chi connectivity index (χ4n) is 1.66. The molecule has 2 heteroatoms. The maximum absolute atomic E-state index is 5.53. The molecular weight excluding hydrogens is 138 g/mol. The summed E-state index contributed by atoms with van der Waals surface area (Å²) in [5.41, 5.74) is 0. The van der Waals surface area contributed by atoms with E-state index in [0.29, 0.717) is 12.1 Å². The predicted octanol–water partition coefficient (Wildman–Crippen LogP) is 1.55. The normalized spacial score (nSPS) is 27.3. The highest BCUT2D eigenvalue weighted by Crippen LogP contribution is 2.16. The summed E-state index contributed by atoms with van der Waals surface area (Å²) in [5, 5.41) is 3.39. The highest BCUT2D eigenvalue weighted by Gasteiger charge is 2.17. The molecule has 1 aliphatic heterocycles. The van der Waals surface area contributed by atoms with Crippen molar-refractivity contribution in [2.24, 2.45) is 0 Å². The number of hydrogen-bond donors (Lipinski definition) is 1. The predicted molar refractivity (Wildman–Crippen MR) is 46.7 cm³/mol. The lowest BCUT2D eigenvalue weighted by atomic mass is 10.1. The van der Waals surface area contributed by atoms with E-state index < -0.39 is 0 Å². The lowest BCUT2D eigenvalue weighted by Crippen LogP contribution is -2.29. The molecule has 1 fully saturated rings. The minimum Gasteiger partial charge on any atom is -0.378 e. The van der Waals surface area contributed by atoms with Crippen molar-refractivity contribution in [3.63, 3.8) is 0 Å². The van der Waals surface area contributed by atoms with Crippen molar-refractivity contribution in [3.05, 3.63) is 0 Å². The van der Waals surface area contributed by atoms with Crippen LogP contribution >= 0.6 is 0 Å². The second kappa shape index (κ2) is 4.73. The van der Waals surface area contributed by atoms with Crippen molar-refractivity contribution in [2.45, 2.75) is 45.3 Å². The second-order valence-electron chi connectivity index (χ2n) is 3.33. The number of hydrogen-bond acceptors (Lipinski definition) is 2. The summed E-state index contributed by atoms with van der Waals surface area (Å²) in [6.07, 6.45) is 4.22. The summed E-state index contributed by atoms with van der Waals surface area (Å²) in [4.78, 5) is 0. The molecule has 1 saturated heterocycles. The first kappa shape index (κ1) is 9.01. The summed E-state index contributed by atoms with van der Waals surface area (Å²) in [6.45, 7) is 6.41. The molecule has 11 heavy (non-hydrogen) atoms. The molecule has 0 aromatic carbocycles. The van der Waals surface area contributed by atoms with Crippen molar-refractivity contribution >= 4 is 0 Å². The van der Waals surface area contributed by atoms with Crippen LogP contribution < -0.4 is 5.32 Å². The van der Waals surface area contributed by atoms with Crippen LogP contribution in [0.2, 0.25) is 0 Å². The molecule has 0 aromatic heterocycles. The Morgan fingerprint density at radius 3 is 3.00 bits per heavy atom. The Morgan fingerprint density at radius 1 is 1.64 bits per heavy atom. The standard InChI is InChI=1S/C9H19NO/c1-3-10-8(2)7-9-5-4-6-11-9/h8-10H,3-7H2,1-2H3. The first-order valence-corrected chi connectivity index (χ1v) is 4.68. The highest BCUT2D eigenvalue weighted by molar-refractivity contribution is 4.71. The Balaban J connectivity index is 2.08. The fraction of sp³-hybridized carbons (Fsp3) is 1.00. The molecule has 0 saturated carbocycles. The van der Waals surface area contributed by atoms with Crippen LogP contribution in [-0.4, -0.2) is 25.3 Å². The molecule has 1 rings (SSSR count). The van der Waals surface area contributed by atoms with Crippen molar-refractivity contribution in [2.75, 3.05) is 13.2 Å². The van der Waals surface area contributed by atoms with Crippen LogP contribution in [0.25, 0.3) is 0 Å². The molecule has 2 unspecified atom stereocenters. The summed E-state index contributed by atoms with van der Waals surface area (Å²) in [7, 11) is 0. The lowest BCUT2D eigenvalue weighted by Gasteiger charge is -2.16. The first-order chi connectivity index (χ1) is 5.33. The van der Waals surface area contributed by atoms with Gasteiger partial charge in [-0.25, -0.2) is 0 Å². The van der Waals surface area contributed by atoms with Gasteiger partial charge in [0, 0.05) is 12.6 Å². The molecule has 2 atom stereocenters. The van der Waals surface area contributed by atoms with Gasteiger partial charge in [0.2, 0.25) is 0 Å². The zero-order valence-corrected chi connectivity index (χ0v) is 7.60. The van der Waals surface area contributed by atoms with Gasteiger partial charge in [-0.05, 0) is 32.7 Å². The number of nitrogens with one attached hydrogen (secondary N) is 1. The Hall–Kier alpha value is -0.0800. The van der Waals surface area contributed by atoms with Crippen LogP contribution in [0.1, 0.15) is 33.1 Å². The summed E-state index contributed by atoms with van der Waals surface area (Å²) < 4.78 is 5.53. The van der Waals surface area contributed by atoms with Crippen molar-refractivity contribution < 1.29 is 4.74 Å². The summed E-state index contributed by atoms with van der Waals surface area (Å²) >= 11 is 0. The molecule has 0 aromatic rings. The Kier molecular flexibility index (Phi) is 3.87. The second-order valence-corrected chi connectivity index (χ2v) is 3.33. The molecule has 0 bridgehead atoms. The van der Waals surface area contributed by atoms with Gasteiger partial charge in [0.1, 0.15) is 0 Å². The van der Waals surface area contributed by atoms with E-state index in [9.17, 15) is 0 Å². The molecule has 2 nitrogen and oxygen atoms in total. The Labute approximate surface area is 69.3 Å². The summed E-state index contributed by atoms with van der Waals surface area (Å²) in [5.74, 6) is 0. The van der Waals surface area contributed by atoms with Gasteiger partial charge < -0.3 is 10.1 Å². The molecule has 0 spiro atoms. The van der Waals surface area contributed by atoms with Crippen LogP contribution in [0.5, 0.6) is 0 Å². The first-order valence-electron chi connectivity index (χ1n) is 4.68. The fourth-order valence-corrected chi connectivity index (χ4v) is 1.66. The molecule has 0 radical (unpaired) electrons. The van der Waals surface area contributed by atoms with Crippen LogP contribution in [0.4, 0.5) is 0 Å². The van der Waals surface area contributed by atoms with E-state index in [1.807, 2.05) is 0 Å². The molecule has 1 heterocycles. The number of rotatable bonds is 4. The summed E-state index contributed by atoms with van der Waals surface area (Å²) in [6, 6.07) is 0.614. The van der Waals surface area contributed by atoms with Gasteiger partial charge in [-0.2, -0.15) is 0 Å². The minimum absolute atomic E-state index is 0.532. The average Bonchev–Trinajstić information content (AvgIpc) is 2.40. The number of ether oxygens (including phenoxy) is 1. The van der Waals surface area contributed by atoms with Gasteiger partial charge in [-0.3, -0.25) is 0 Å². The van der Waals surface area contributed by atoms with E-state index in [2.05, 4.69) is 19.2 Å². The monoisotopic (exact) mass is 157 g/mol. The molecule has 1 aliphatic rings. The van der Waals surface area contributed by atoms with E-state index in [4.69, 9.17) is 4.74 Å². The van der Waals surface area contributed by atoms with Crippen molar-refractivity contribution in [1.29, 1.82) is 0 Å². The third-order valence-electron chi connectivity index (χ3n) is 2.19. The van der Waals surface area contributed by atoms with Gasteiger partial charge in [0.25, 0.3) is 0 Å². The average molecular weight is 157 g/mol. The van der Waals surface area contributed by atoms with E-state index in [1.165, 1.54) is 19.3 Å². The topological polar surface area (TPSA) is 21.3 Å². The van der Waals surface area contributed by atoms with Crippen molar-refractivity contribution in [1.82, 2.24) is 5.32 Å². The largest absolute Gasteiger partial charge is 0.378 e. The third-order valence-corrected chi connectivity index (χ3v) is 2.19.